The van der Waals surface area contributed by atoms with Gasteiger partial charge in [0.05, 0.1) is 10.6 Å². The van der Waals surface area contributed by atoms with Crippen LogP contribution in [0.25, 0.3) is 11.1 Å². The van der Waals surface area contributed by atoms with Gasteiger partial charge in [-0.15, -0.1) is 0 Å². The number of hydrogen-bond donors (Lipinski definition) is 0. The third-order valence-electron chi connectivity index (χ3n) is 4.39. The minimum Gasteiger partial charge on any atom is -0.289 e. The van der Waals surface area contributed by atoms with E-state index in [9.17, 15) is 9.59 Å². The van der Waals surface area contributed by atoms with Crippen LogP contribution in [0.15, 0.2) is 60.7 Å². The van der Waals surface area contributed by atoms with Crippen molar-refractivity contribution in [2.24, 2.45) is 0 Å². The second-order valence-corrected chi connectivity index (χ2v) is 6.30. The van der Waals surface area contributed by atoms with Crippen LogP contribution in [0, 0.1) is 6.92 Å². The number of carbonyl (C=O) groups is 2. The van der Waals surface area contributed by atoms with Crippen molar-refractivity contribution in [3.63, 3.8) is 0 Å². The molecule has 0 saturated carbocycles. The van der Waals surface area contributed by atoms with Gasteiger partial charge in [0.2, 0.25) is 0 Å². The van der Waals surface area contributed by atoms with Crippen LogP contribution in [0.3, 0.4) is 0 Å². The highest BCUT2D eigenvalue weighted by Crippen LogP contribution is 2.38. The standard InChI is InChI=1S/C21H13ClO2/c1-12-6-8-13(9-7-12)14-10-11-17-18(19(14)22)21(24)16-5-3-2-4-15(16)20(17)23/h2-11H,1H3. The molecule has 0 heterocycles. The fourth-order valence-electron chi connectivity index (χ4n) is 3.10. The van der Waals surface area contributed by atoms with Crippen molar-refractivity contribution in [3.05, 3.63) is 93.5 Å². The molecule has 116 valence electrons. The molecule has 0 amide bonds. The quantitative estimate of drug-likeness (QED) is 0.486. The molecular weight excluding hydrogens is 320 g/mol. The van der Waals surface area contributed by atoms with Crippen molar-refractivity contribution in [2.75, 3.05) is 0 Å². The lowest BCUT2D eigenvalue weighted by molar-refractivity contribution is 0.0979. The van der Waals surface area contributed by atoms with E-state index >= 15 is 0 Å². The summed E-state index contributed by atoms with van der Waals surface area (Å²) in [5.41, 5.74) is 4.36. The van der Waals surface area contributed by atoms with E-state index in [4.69, 9.17) is 11.6 Å². The molecule has 0 N–H and O–H groups in total. The molecule has 0 saturated heterocycles. The molecular formula is C21H13ClO2. The Morgan fingerprint density at radius 2 is 1.25 bits per heavy atom. The summed E-state index contributed by atoms with van der Waals surface area (Å²) in [6, 6.07) is 18.3. The summed E-state index contributed by atoms with van der Waals surface area (Å²) < 4.78 is 0. The van der Waals surface area contributed by atoms with Crippen LogP contribution >= 0.6 is 11.6 Å². The number of rotatable bonds is 1. The summed E-state index contributed by atoms with van der Waals surface area (Å²) in [7, 11) is 0. The van der Waals surface area contributed by atoms with Crippen LogP contribution in [-0.2, 0) is 0 Å². The van der Waals surface area contributed by atoms with Gasteiger partial charge >= 0.3 is 0 Å². The summed E-state index contributed by atoms with van der Waals surface area (Å²) in [6.45, 7) is 2.01. The molecule has 0 aromatic heterocycles. The number of carbonyl (C=O) groups excluding carboxylic acids is 2. The van der Waals surface area contributed by atoms with Crippen molar-refractivity contribution >= 4 is 23.2 Å². The maximum absolute atomic E-state index is 12.9. The van der Waals surface area contributed by atoms with Gasteiger partial charge in [0.15, 0.2) is 11.6 Å². The lowest BCUT2D eigenvalue weighted by atomic mass is 9.82. The van der Waals surface area contributed by atoms with Crippen molar-refractivity contribution in [1.82, 2.24) is 0 Å². The summed E-state index contributed by atoms with van der Waals surface area (Å²) in [5.74, 6) is -0.350. The Kier molecular flexibility index (Phi) is 3.36. The Hall–Kier alpha value is -2.71. The van der Waals surface area contributed by atoms with Gasteiger partial charge in [-0.1, -0.05) is 71.8 Å². The van der Waals surface area contributed by atoms with Gasteiger partial charge in [0.1, 0.15) is 0 Å². The molecule has 2 nitrogen and oxygen atoms in total. The lowest BCUT2D eigenvalue weighted by Crippen LogP contribution is -2.21. The van der Waals surface area contributed by atoms with Gasteiger partial charge in [0.25, 0.3) is 0 Å². The van der Waals surface area contributed by atoms with Gasteiger partial charge in [-0.3, -0.25) is 9.59 Å². The van der Waals surface area contributed by atoms with Gasteiger partial charge < -0.3 is 0 Å². The Morgan fingerprint density at radius 3 is 1.92 bits per heavy atom. The van der Waals surface area contributed by atoms with E-state index in [1.165, 1.54) is 0 Å². The smallest absolute Gasteiger partial charge is 0.196 e. The van der Waals surface area contributed by atoms with Crippen LogP contribution in [-0.4, -0.2) is 11.6 Å². The largest absolute Gasteiger partial charge is 0.289 e. The molecule has 0 unspecified atom stereocenters. The highest BCUT2D eigenvalue weighted by molar-refractivity contribution is 6.41. The predicted molar refractivity (Wildman–Crippen MR) is 94.9 cm³/mol. The molecule has 0 atom stereocenters. The van der Waals surface area contributed by atoms with Crippen molar-refractivity contribution in [2.45, 2.75) is 6.92 Å². The normalized spacial score (nSPS) is 12.8. The van der Waals surface area contributed by atoms with E-state index < -0.39 is 0 Å². The maximum atomic E-state index is 12.9. The second kappa shape index (κ2) is 5.43. The van der Waals surface area contributed by atoms with E-state index in [-0.39, 0.29) is 11.6 Å². The van der Waals surface area contributed by atoms with Crippen molar-refractivity contribution in [3.8, 4) is 11.1 Å². The average Bonchev–Trinajstić information content (AvgIpc) is 2.60. The molecule has 3 aromatic rings. The molecule has 1 aliphatic rings. The highest BCUT2D eigenvalue weighted by atomic mass is 35.5. The van der Waals surface area contributed by atoms with Gasteiger partial charge in [-0.25, -0.2) is 0 Å². The first kappa shape index (κ1) is 14.9. The molecule has 1 aliphatic carbocycles. The Labute approximate surface area is 144 Å². The van der Waals surface area contributed by atoms with Crippen LogP contribution in [0.1, 0.15) is 37.4 Å². The topological polar surface area (TPSA) is 34.1 Å². The SMILES string of the molecule is Cc1ccc(-c2ccc3c(c2Cl)C(=O)c2ccccc2C3=O)cc1. The zero-order valence-corrected chi connectivity index (χ0v) is 13.7. The van der Waals surface area contributed by atoms with E-state index in [0.29, 0.717) is 27.3 Å². The summed E-state index contributed by atoms with van der Waals surface area (Å²) in [6.07, 6.45) is 0. The molecule has 24 heavy (non-hydrogen) atoms. The van der Waals surface area contributed by atoms with E-state index in [2.05, 4.69) is 0 Å². The van der Waals surface area contributed by atoms with Gasteiger partial charge in [-0.2, -0.15) is 0 Å². The maximum Gasteiger partial charge on any atom is 0.196 e. The predicted octanol–water partition coefficient (Wildman–Crippen LogP) is 5.09. The Bertz CT molecular complexity index is 1000. The third-order valence-corrected chi connectivity index (χ3v) is 4.79. The molecule has 0 spiro atoms. The monoisotopic (exact) mass is 332 g/mol. The van der Waals surface area contributed by atoms with E-state index in [0.717, 1.165) is 16.7 Å². The van der Waals surface area contributed by atoms with Crippen LogP contribution in [0.2, 0.25) is 5.02 Å². The first-order valence-electron chi connectivity index (χ1n) is 7.66. The van der Waals surface area contributed by atoms with Crippen molar-refractivity contribution in [1.29, 1.82) is 0 Å². The number of benzene rings is 3. The summed E-state index contributed by atoms with van der Waals surface area (Å²) in [5, 5.41) is 0.337. The fraction of sp³-hybridized carbons (Fsp3) is 0.0476. The molecule has 0 aliphatic heterocycles. The molecule has 3 aromatic carbocycles. The van der Waals surface area contributed by atoms with E-state index in [1.807, 2.05) is 37.3 Å². The van der Waals surface area contributed by atoms with Crippen LogP contribution in [0.4, 0.5) is 0 Å². The zero-order chi connectivity index (χ0) is 16.8. The van der Waals surface area contributed by atoms with Gasteiger partial charge in [-0.05, 0) is 18.6 Å². The average molecular weight is 333 g/mol. The Morgan fingerprint density at radius 1 is 0.667 bits per heavy atom. The van der Waals surface area contributed by atoms with Crippen LogP contribution in [0.5, 0.6) is 0 Å². The highest BCUT2D eigenvalue weighted by Gasteiger charge is 2.32. The van der Waals surface area contributed by atoms with Crippen molar-refractivity contribution < 1.29 is 9.59 Å². The van der Waals surface area contributed by atoms with Gasteiger partial charge in [0, 0.05) is 22.3 Å². The first-order valence-corrected chi connectivity index (χ1v) is 8.03. The zero-order valence-electron chi connectivity index (χ0n) is 13.0. The number of hydrogen-bond acceptors (Lipinski definition) is 2. The lowest BCUT2D eigenvalue weighted by Gasteiger charge is -2.20. The Balaban J connectivity index is 1.95. The number of halogens is 1. The second-order valence-electron chi connectivity index (χ2n) is 5.92. The molecule has 0 radical (unpaired) electrons. The molecule has 0 fully saturated rings. The molecule has 4 rings (SSSR count). The number of fused-ring (bicyclic) bond motifs is 2. The van der Waals surface area contributed by atoms with Crippen LogP contribution < -0.4 is 0 Å². The number of ketones is 2. The summed E-state index contributed by atoms with van der Waals surface area (Å²) >= 11 is 6.55. The number of aryl methyl sites for hydroxylation is 1. The minimum absolute atomic E-state index is 0.155. The molecule has 3 heteroatoms. The molecule has 0 bridgehead atoms. The first-order chi connectivity index (χ1) is 11.6. The fourth-order valence-corrected chi connectivity index (χ4v) is 3.46. The summed E-state index contributed by atoms with van der Waals surface area (Å²) in [4.78, 5) is 25.6. The minimum atomic E-state index is -0.195. The van der Waals surface area contributed by atoms with E-state index in [1.54, 1.807) is 30.3 Å². The third kappa shape index (κ3) is 2.11.